The van der Waals surface area contributed by atoms with Crippen LogP contribution in [0.3, 0.4) is 0 Å². The van der Waals surface area contributed by atoms with Gasteiger partial charge in [0.05, 0.1) is 0 Å². The molecule has 19 heavy (non-hydrogen) atoms. The summed E-state index contributed by atoms with van der Waals surface area (Å²) in [5, 5.41) is 0. The van der Waals surface area contributed by atoms with Crippen LogP contribution < -0.4 is 0 Å². The van der Waals surface area contributed by atoms with Crippen molar-refractivity contribution in [2.75, 3.05) is 0 Å². The molecule has 0 fully saturated rings. The zero-order valence-corrected chi connectivity index (χ0v) is 12.5. The first kappa shape index (κ1) is 12.5. The highest BCUT2D eigenvalue weighted by atomic mass is 14.4. The van der Waals surface area contributed by atoms with Crippen LogP contribution in [0.1, 0.15) is 51.3 Å². The van der Waals surface area contributed by atoms with E-state index >= 15 is 0 Å². The van der Waals surface area contributed by atoms with E-state index in [-0.39, 0.29) is 10.8 Å². The van der Waals surface area contributed by atoms with Gasteiger partial charge < -0.3 is 0 Å². The zero-order chi connectivity index (χ0) is 13.8. The van der Waals surface area contributed by atoms with Gasteiger partial charge in [-0.2, -0.15) is 0 Å². The fraction of sp³-hybridized carbons (Fsp3) is 0.368. The van der Waals surface area contributed by atoms with Crippen LogP contribution in [0, 0.1) is 0 Å². The van der Waals surface area contributed by atoms with E-state index in [1.807, 2.05) is 0 Å². The zero-order valence-electron chi connectivity index (χ0n) is 12.5. The lowest BCUT2D eigenvalue weighted by Gasteiger charge is -2.25. The monoisotopic (exact) mass is 250 g/mol. The first-order chi connectivity index (χ1) is 8.82. The molecule has 0 heterocycles. The van der Waals surface area contributed by atoms with Crippen molar-refractivity contribution >= 4 is 0 Å². The van der Waals surface area contributed by atoms with Crippen LogP contribution >= 0.6 is 0 Å². The van der Waals surface area contributed by atoms with E-state index in [4.69, 9.17) is 0 Å². The molecule has 0 atom stereocenters. The molecule has 2 aromatic carbocycles. The van der Waals surface area contributed by atoms with E-state index in [0.29, 0.717) is 0 Å². The van der Waals surface area contributed by atoms with Crippen molar-refractivity contribution in [1.29, 1.82) is 0 Å². The fourth-order valence-corrected chi connectivity index (χ4v) is 3.17. The summed E-state index contributed by atoms with van der Waals surface area (Å²) < 4.78 is 0. The highest BCUT2D eigenvalue weighted by molar-refractivity contribution is 5.80. The Morgan fingerprint density at radius 1 is 0.789 bits per heavy atom. The van der Waals surface area contributed by atoms with Crippen LogP contribution in [0.5, 0.6) is 0 Å². The van der Waals surface area contributed by atoms with E-state index in [9.17, 15) is 0 Å². The van der Waals surface area contributed by atoms with Crippen LogP contribution in [0.25, 0.3) is 11.1 Å². The second-order valence-electron chi connectivity index (χ2n) is 7.18. The Bertz CT molecular complexity index is 639. The third-order valence-electron chi connectivity index (χ3n) is 4.45. The van der Waals surface area contributed by atoms with Crippen LogP contribution in [0.4, 0.5) is 0 Å². The topological polar surface area (TPSA) is 0 Å². The van der Waals surface area contributed by atoms with Crippen molar-refractivity contribution in [2.45, 2.75) is 45.4 Å². The average Bonchev–Trinajstić information content (AvgIpc) is 2.58. The highest BCUT2D eigenvalue weighted by Gasteiger charge is 2.35. The maximum Gasteiger partial charge on any atom is 0.0158 e. The fourth-order valence-electron chi connectivity index (χ4n) is 3.17. The van der Waals surface area contributed by atoms with Gasteiger partial charge in [-0.15, -0.1) is 0 Å². The molecule has 0 aliphatic heterocycles. The molecule has 0 unspecified atom stereocenters. The van der Waals surface area contributed by atoms with Gasteiger partial charge in [-0.3, -0.25) is 0 Å². The summed E-state index contributed by atoms with van der Waals surface area (Å²) in [5.41, 5.74) is 7.49. The van der Waals surface area contributed by atoms with Gasteiger partial charge >= 0.3 is 0 Å². The number of benzene rings is 2. The van der Waals surface area contributed by atoms with Crippen LogP contribution in [0.2, 0.25) is 0 Å². The van der Waals surface area contributed by atoms with Crippen molar-refractivity contribution < 1.29 is 0 Å². The van der Waals surface area contributed by atoms with Crippen LogP contribution in [-0.4, -0.2) is 0 Å². The summed E-state index contributed by atoms with van der Waals surface area (Å²) in [6, 6.07) is 15.8. The molecular weight excluding hydrogens is 228 g/mol. The largest absolute Gasteiger partial charge is 0.0619 e. The molecule has 0 nitrogen and oxygen atoms in total. The van der Waals surface area contributed by atoms with Crippen molar-refractivity contribution in [2.24, 2.45) is 0 Å². The molecule has 0 bridgehead atoms. The molecule has 3 rings (SSSR count). The highest BCUT2D eigenvalue weighted by Crippen LogP contribution is 2.49. The summed E-state index contributed by atoms with van der Waals surface area (Å²) in [6.45, 7) is 11.5. The third kappa shape index (κ3) is 1.74. The number of rotatable bonds is 0. The van der Waals surface area contributed by atoms with E-state index in [0.717, 1.165) is 0 Å². The van der Waals surface area contributed by atoms with Gasteiger partial charge in [0, 0.05) is 5.41 Å². The van der Waals surface area contributed by atoms with E-state index < -0.39 is 0 Å². The molecule has 0 aromatic heterocycles. The first-order valence-electron chi connectivity index (χ1n) is 7.07. The molecule has 0 saturated carbocycles. The van der Waals surface area contributed by atoms with Gasteiger partial charge in [0.15, 0.2) is 0 Å². The molecular formula is C19H22. The predicted octanol–water partition coefficient (Wildman–Crippen LogP) is 5.29. The minimum Gasteiger partial charge on any atom is -0.0619 e. The summed E-state index contributed by atoms with van der Waals surface area (Å²) in [6.07, 6.45) is 0. The van der Waals surface area contributed by atoms with Gasteiger partial charge in [-0.1, -0.05) is 77.1 Å². The van der Waals surface area contributed by atoms with Crippen LogP contribution in [0.15, 0.2) is 42.5 Å². The van der Waals surface area contributed by atoms with Gasteiger partial charge in [-0.25, -0.2) is 0 Å². The van der Waals surface area contributed by atoms with Crippen molar-refractivity contribution in [3.63, 3.8) is 0 Å². The Balaban J connectivity index is 2.27. The van der Waals surface area contributed by atoms with Gasteiger partial charge in [0.25, 0.3) is 0 Å². The molecule has 98 valence electrons. The van der Waals surface area contributed by atoms with Gasteiger partial charge in [0.2, 0.25) is 0 Å². The molecule has 0 spiro atoms. The Morgan fingerprint density at radius 3 is 2.11 bits per heavy atom. The molecule has 1 aliphatic rings. The third-order valence-corrected chi connectivity index (χ3v) is 4.45. The summed E-state index contributed by atoms with van der Waals surface area (Å²) in [5.74, 6) is 0. The molecule has 0 radical (unpaired) electrons. The molecule has 0 heteroatoms. The summed E-state index contributed by atoms with van der Waals surface area (Å²) in [7, 11) is 0. The minimum absolute atomic E-state index is 0.118. The average molecular weight is 250 g/mol. The smallest absolute Gasteiger partial charge is 0.0158 e. The summed E-state index contributed by atoms with van der Waals surface area (Å²) >= 11 is 0. The van der Waals surface area contributed by atoms with Crippen molar-refractivity contribution in [1.82, 2.24) is 0 Å². The van der Waals surface area contributed by atoms with Gasteiger partial charge in [0.1, 0.15) is 0 Å². The van der Waals surface area contributed by atoms with E-state index in [1.165, 1.54) is 27.8 Å². The quantitative estimate of drug-likeness (QED) is 0.596. The molecule has 2 aromatic rings. The maximum absolute atomic E-state index is 2.41. The molecule has 0 amide bonds. The normalized spacial score (nSPS) is 16.1. The predicted molar refractivity (Wildman–Crippen MR) is 82.7 cm³/mol. The Kier molecular flexibility index (Phi) is 2.44. The minimum atomic E-state index is 0.118. The second kappa shape index (κ2) is 3.72. The van der Waals surface area contributed by atoms with Crippen molar-refractivity contribution in [3.8, 4) is 11.1 Å². The Hall–Kier alpha value is -1.56. The molecule has 0 saturated heterocycles. The second-order valence-corrected chi connectivity index (χ2v) is 7.18. The van der Waals surface area contributed by atoms with E-state index in [2.05, 4.69) is 77.1 Å². The standard InChI is InChI=1S/C19H22/c1-18(2,3)13-10-11-15-14-8-6-7-9-16(14)19(4,5)17(15)12-13/h6-12H,1-5H3. The lowest BCUT2D eigenvalue weighted by molar-refractivity contribution is 0.584. The maximum atomic E-state index is 2.41. The Labute approximate surface area is 116 Å². The number of fused-ring (bicyclic) bond motifs is 3. The summed E-state index contributed by atoms with van der Waals surface area (Å²) in [4.78, 5) is 0. The van der Waals surface area contributed by atoms with Crippen molar-refractivity contribution in [3.05, 3.63) is 59.2 Å². The SMILES string of the molecule is CC(C)(C)c1ccc2c(c1)C(C)(C)c1ccccc1-2. The van der Waals surface area contributed by atoms with Gasteiger partial charge in [-0.05, 0) is 33.2 Å². The lowest BCUT2D eigenvalue weighted by atomic mass is 9.79. The Morgan fingerprint density at radius 2 is 1.42 bits per heavy atom. The van der Waals surface area contributed by atoms with E-state index in [1.54, 1.807) is 0 Å². The van der Waals surface area contributed by atoms with Crippen LogP contribution in [-0.2, 0) is 10.8 Å². The number of hydrogen-bond donors (Lipinski definition) is 0. The number of hydrogen-bond acceptors (Lipinski definition) is 0. The molecule has 1 aliphatic carbocycles. The first-order valence-corrected chi connectivity index (χ1v) is 7.07. The molecule has 0 N–H and O–H groups in total. The lowest BCUT2D eigenvalue weighted by Crippen LogP contribution is -2.17.